The van der Waals surface area contributed by atoms with Crippen LogP contribution in [0.5, 0.6) is 5.75 Å². The highest BCUT2D eigenvalue weighted by molar-refractivity contribution is 6.44. The molecule has 0 heterocycles. The number of carbonyl (C=O) groups excluding carboxylic acids is 3. The van der Waals surface area contributed by atoms with Crippen LogP contribution >= 0.6 is 23.2 Å². The van der Waals surface area contributed by atoms with E-state index >= 15 is 0 Å². The third kappa shape index (κ3) is 5.21. The van der Waals surface area contributed by atoms with Gasteiger partial charge in [-0.3, -0.25) is 9.59 Å². The number of halogens is 2. The molecule has 0 fully saturated rings. The van der Waals surface area contributed by atoms with E-state index in [1.807, 2.05) is 0 Å². The summed E-state index contributed by atoms with van der Waals surface area (Å²) < 4.78 is 10.3. The number of ether oxygens (including phenoxy) is 2. The minimum Gasteiger partial charge on any atom is -0.481 e. The van der Waals surface area contributed by atoms with Crippen LogP contribution in [0.25, 0.3) is 0 Å². The largest absolute Gasteiger partial charge is 0.481 e. The third-order valence-corrected chi connectivity index (χ3v) is 4.10. The molecule has 136 valence electrons. The van der Waals surface area contributed by atoms with Gasteiger partial charge in [0.2, 0.25) is 0 Å². The summed E-state index contributed by atoms with van der Waals surface area (Å²) >= 11 is 11.9. The highest BCUT2D eigenvalue weighted by Gasteiger charge is 2.20. The van der Waals surface area contributed by atoms with Crippen molar-refractivity contribution in [1.29, 1.82) is 0 Å². The van der Waals surface area contributed by atoms with E-state index in [9.17, 15) is 14.4 Å². The van der Waals surface area contributed by atoms with Crippen molar-refractivity contribution in [3.05, 3.63) is 58.1 Å². The highest BCUT2D eigenvalue weighted by Crippen LogP contribution is 2.29. The second kappa shape index (κ2) is 9.22. The summed E-state index contributed by atoms with van der Waals surface area (Å²) in [6.45, 7) is 0.964. The fourth-order valence-corrected chi connectivity index (χ4v) is 2.31. The molecule has 26 heavy (non-hydrogen) atoms. The zero-order chi connectivity index (χ0) is 19.1. The van der Waals surface area contributed by atoms with Gasteiger partial charge in [0.25, 0.3) is 5.91 Å². The highest BCUT2D eigenvalue weighted by atomic mass is 35.5. The lowest BCUT2D eigenvalue weighted by molar-refractivity contribution is -0.155. The molecule has 2 aromatic rings. The molecule has 2 rings (SSSR count). The monoisotopic (exact) mass is 395 g/mol. The Bertz CT molecular complexity index is 825. The van der Waals surface area contributed by atoms with Crippen LogP contribution in [-0.2, 0) is 14.3 Å². The van der Waals surface area contributed by atoms with Gasteiger partial charge in [0, 0.05) is 0 Å². The number of amides is 1. The van der Waals surface area contributed by atoms with Crippen LogP contribution < -0.4 is 10.1 Å². The number of benzene rings is 2. The molecule has 0 aliphatic rings. The first kappa shape index (κ1) is 19.8. The Labute approximate surface area is 160 Å². The van der Waals surface area contributed by atoms with E-state index in [-0.39, 0.29) is 15.8 Å². The normalized spacial score (nSPS) is 11.3. The third-order valence-electron chi connectivity index (χ3n) is 3.28. The van der Waals surface area contributed by atoms with Crippen molar-refractivity contribution >= 4 is 47.1 Å². The van der Waals surface area contributed by atoms with Crippen LogP contribution in [0.2, 0.25) is 10.0 Å². The van der Waals surface area contributed by atoms with Gasteiger partial charge in [0.1, 0.15) is 5.75 Å². The first-order valence-electron chi connectivity index (χ1n) is 7.53. The number of aldehydes is 1. The Hall–Kier alpha value is -2.57. The molecule has 1 amide bonds. The van der Waals surface area contributed by atoms with Gasteiger partial charge in [0.15, 0.2) is 19.0 Å². The average molecular weight is 396 g/mol. The molecular weight excluding hydrogens is 381 g/mol. The zero-order valence-corrected chi connectivity index (χ0v) is 15.2. The first-order chi connectivity index (χ1) is 12.4. The maximum Gasteiger partial charge on any atom is 0.344 e. The van der Waals surface area contributed by atoms with Crippen LogP contribution in [0, 0.1) is 0 Å². The van der Waals surface area contributed by atoms with E-state index < -0.39 is 24.6 Å². The van der Waals surface area contributed by atoms with Gasteiger partial charge in [-0.05, 0) is 31.2 Å². The van der Waals surface area contributed by atoms with Gasteiger partial charge in [-0.15, -0.1) is 0 Å². The van der Waals surface area contributed by atoms with E-state index in [1.165, 1.54) is 6.92 Å². The Morgan fingerprint density at radius 2 is 1.88 bits per heavy atom. The van der Waals surface area contributed by atoms with Crippen LogP contribution in [0.3, 0.4) is 0 Å². The number of carbonyl (C=O) groups is 3. The topological polar surface area (TPSA) is 81.7 Å². The van der Waals surface area contributed by atoms with Crippen molar-refractivity contribution in [3.63, 3.8) is 0 Å². The number of hydrogen-bond acceptors (Lipinski definition) is 5. The smallest absolute Gasteiger partial charge is 0.344 e. The summed E-state index contributed by atoms with van der Waals surface area (Å²) in [5.41, 5.74) is 0.616. The summed E-state index contributed by atoms with van der Waals surface area (Å²) in [6.07, 6.45) is -0.465. The lowest BCUT2D eigenvalue weighted by Crippen LogP contribution is -2.31. The van der Waals surface area contributed by atoms with Crippen molar-refractivity contribution in [2.75, 3.05) is 11.9 Å². The van der Waals surface area contributed by atoms with Gasteiger partial charge < -0.3 is 14.8 Å². The van der Waals surface area contributed by atoms with Crippen molar-refractivity contribution in [3.8, 4) is 5.75 Å². The Morgan fingerprint density at radius 1 is 1.15 bits per heavy atom. The molecule has 0 saturated heterocycles. The molecule has 1 N–H and O–H groups in total. The molecule has 0 saturated carbocycles. The Balaban J connectivity index is 1.89. The standard InChI is InChI=1S/C18H15Cl2NO5/c1-11(18(24)21-14-7-4-6-13(19)17(14)20)26-16(23)10-25-15-8-3-2-5-12(15)9-22/h2-9,11H,10H2,1H3,(H,21,24)/t11-/m0/s1. The molecule has 6 nitrogen and oxygen atoms in total. The van der Waals surface area contributed by atoms with Crippen molar-refractivity contribution < 1.29 is 23.9 Å². The molecule has 0 aliphatic heterocycles. The molecule has 0 bridgehead atoms. The molecule has 0 unspecified atom stereocenters. The number of anilines is 1. The Morgan fingerprint density at radius 3 is 2.62 bits per heavy atom. The SMILES string of the molecule is C[C@H](OC(=O)COc1ccccc1C=O)C(=O)Nc1cccc(Cl)c1Cl. The van der Waals surface area contributed by atoms with Crippen molar-refractivity contribution in [1.82, 2.24) is 0 Å². The minimum absolute atomic E-state index is 0.190. The predicted molar refractivity (Wildman–Crippen MR) is 98.0 cm³/mol. The van der Waals surface area contributed by atoms with E-state index in [1.54, 1.807) is 42.5 Å². The number of rotatable bonds is 7. The Kier molecular flexibility index (Phi) is 7.00. The average Bonchev–Trinajstić information content (AvgIpc) is 2.63. The molecule has 0 aromatic heterocycles. The molecular formula is C18H15Cl2NO5. The lowest BCUT2D eigenvalue weighted by Gasteiger charge is -2.15. The molecule has 2 aromatic carbocycles. The second-order valence-electron chi connectivity index (χ2n) is 5.17. The van der Waals surface area contributed by atoms with Crippen molar-refractivity contribution in [2.45, 2.75) is 13.0 Å². The van der Waals surface area contributed by atoms with E-state index in [0.29, 0.717) is 17.5 Å². The fraction of sp³-hybridized carbons (Fsp3) is 0.167. The summed E-state index contributed by atoms with van der Waals surface area (Å²) in [5.74, 6) is -1.08. The predicted octanol–water partition coefficient (Wildman–Crippen LogP) is 3.76. The number of para-hydroxylation sites is 1. The van der Waals surface area contributed by atoms with Crippen LogP contribution in [0.1, 0.15) is 17.3 Å². The maximum absolute atomic E-state index is 12.1. The second-order valence-corrected chi connectivity index (χ2v) is 5.95. The zero-order valence-electron chi connectivity index (χ0n) is 13.7. The van der Waals surface area contributed by atoms with E-state index in [4.69, 9.17) is 32.7 Å². The lowest BCUT2D eigenvalue weighted by atomic mass is 10.2. The van der Waals surface area contributed by atoms with Gasteiger partial charge in [-0.1, -0.05) is 41.4 Å². The quantitative estimate of drug-likeness (QED) is 0.570. The summed E-state index contributed by atoms with van der Waals surface area (Å²) in [4.78, 5) is 34.8. The first-order valence-corrected chi connectivity index (χ1v) is 8.29. The van der Waals surface area contributed by atoms with Crippen LogP contribution in [-0.4, -0.2) is 30.9 Å². The molecule has 0 radical (unpaired) electrons. The van der Waals surface area contributed by atoms with Gasteiger partial charge in [-0.2, -0.15) is 0 Å². The van der Waals surface area contributed by atoms with E-state index in [2.05, 4.69) is 5.32 Å². The van der Waals surface area contributed by atoms with Gasteiger partial charge in [0.05, 0.1) is 21.3 Å². The van der Waals surface area contributed by atoms with Gasteiger partial charge in [-0.25, -0.2) is 4.79 Å². The number of esters is 1. The van der Waals surface area contributed by atoms with Crippen LogP contribution in [0.4, 0.5) is 5.69 Å². The van der Waals surface area contributed by atoms with Crippen LogP contribution in [0.15, 0.2) is 42.5 Å². The van der Waals surface area contributed by atoms with Crippen molar-refractivity contribution in [2.24, 2.45) is 0 Å². The van der Waals surface area contributed by atoms with E-state index in [0.717, 1.165) is 0 Å². The molecule has 8 heteroatoms. The summed E-state index contributed by atoms with van der Waals surface area (Å²) in [7, 11) is 0. The molecule has 0 aliphatic carbocycles. The van der Waals surface area contributed by atoms with Gasteiger partial charge >= 0.3 is 5.97 Å². The summed E-state index contributed by atoms with van der Waals surface area (Å²) in [6, 6.07) is 11.2. The number of nitrogens with one attached hydrogen (secondary N) is 1. The molecule has 0 spiro atoms. The summed E-state index contributed by atoms with van der Waals surface area (Å²) in [5, 5.41) is 3.01. The maximum atomic E-state index is 12.1. The fourth-order valence-electron chi connectivity index (χ4n) is 1.97. The minimum atomic E-state index is -1.08. The number of hydrogen-bond donors (Lipinski definition) is 1. The molecule has 1 atom stereocenters.